The van der Waals surface area contributed by atoms with Crippen molar-refractivity contribution in [2.75, 3.05) is 12.8 Å². The average Bonchev–Trinajstić information content (AvgIpc) is 2.19. The van der Waals surface area contributed by atoms with Gasteiger partial charge in [-0.1, -0.05) is 17.7 Å². The quantitative estimate of drug-likeness (QED) is 0.748. The molecule has 1 aromatic carbocycles. The first-order valence-corrected chi connectivity index (χ1v) is 4.75. The lowest BCUT2D eigenvalue weighted by Crippen LogP contribution is -2.17. The second-order valence-electron chi connectivity index (χ2n) is 3.03. The molecule has 0 saturated heterocycles. The first-order chi connectivity index (χ1) is 6.63. The molecule has 0 aliphatic heterocycles. The fourth-order valence-electron chi connectivity index (χ4n) is 1.13. The van der Waals surface area contributed by atoms with E-state index >= 15 is 0 Å². The monoisotopic (exact) mass is 212 g/mol. The Morgan fingerprint density at radius 2 is 2.29 bits per heavy atom. The van der Waals surface area contributed by atoms with Gasteiger partial charge in [0.15, 0.2) is 0 Å². The van der Waals surface area contributed by atoms with E-state index in [1.165, 1.54) is 0 Å². The molecule has 0 radical (unpaired) electrons. The number of hydrogen-bond acceptors (Lipinski definition) is 2. The van der Waals surface area contributed by atoms with Crippen LogP contribution in [-0.2, 0) is 11.2 Å². The normalized spacial score (nSPS) is 9.86. The molecule has 4 heteroatoms. The van der Waals surface area contributed by atoms with Gasteiger partial charge in [0.05, 0.1) is 10.7 Å². The average molecular weight is 213 g/mol. The van der Waals surface area contributed by atoms with Gasteiger partial charge in [-0.3, -0.25) is 4.79 Å². The summed E-state index contributed by atoms with van der Waals surface area (Å²) in [6.45, 7) is 0. The number of carbonyl (C=O) groups is 1. The summed E-state index contributed by atoms with van der Waals surface area (Å²) >= 11 is 5.77. The lowest BCUT2D eigenvalue weighted by molar-refractivity contribution is -0.120. The van der Waals surface area contributed by atoms with Gasteiger partial charge in [0, 0.05) is 13.5 Å². The van der Waals surface area contributed by atoms with Gasteiger partial charge >= 0.3 is 0 Å². The molecule has 0 atom stereocenters. The number of nitrogens with one attached hydrogen (secondary N) is 1. The van der Waals surface area contributed by atoms with Gasteiger partial charge in [0.1, 0.15) is 0 Å². The van der Waals surface area contributed by atoms with Crippen LogP contribution < -0.4 is 11.1 Å². The molecule has 0 aromatic heterocycles. The second-order valence-corrected chi connectivity index (χ2v) is 3.44. The van der Waals surface area contributed by atoms with Crippen LogP contribution in [0.2, 0.25) is 5.02 Å². The van der Waals surface area contributed by atoms with Crippen LogP contribution in [0.5, 0.6) is 0 Å². The topological polar surface area (TPSA) is 55.1 Å². The molecule has 0 unspecified atom stereocenters. The molecule has 76 valence electrons. The summed E-state index contributed by atoms with van der Waals surface area (Å²) in [5.41, 5.74) is 7.21. The molecule has 0 aliphatic carbocycles. The number of aryl methyl sites for hydroxylation is 1. The van der Waals surface area contributed by atoms with Crippen LogP contribution in [0.25, 0.3) is 0 Å². The Hall–Kier alpha value is -1.22. The van der Waals surface area contributed by atoms with Gasteiger partial charge < -0.3 is 11.1 Å². The molecule has 3 nitrogen and oxygen atoms in total. The number of rotatable bonds is 3. The third kappa shape index (κ3) is 2.92. The van der Waals surface area contributed by atoms with Crippen molar-refractivity contribution < 1.29 is 4.79 Å². The maximum atomic E-state index is 11.0. The van der Waals surface area contributed by atoms with E-state index in [2.05, 4.69) is 5.32 Å². The SMILES string of the molecule is CNC(=O)CCc1ccc(Cl)c(N)c1. The van der Waals surface area contributed by atoms with Gasteiger partial charge in [0.25, 0.3) is 0 Å². The van der Waals surface area contributed by atoms with Gasteiger partial charge in [-0.05, 0) is 24.1 Å². The van der Waals surface area contributed by atoms with E-state index < -0.39 is 0 Å². The fourth-order valence-corrected chi connectivity index (χ4v) is 1.25. The molecule has 0 bridgehead atoms. The van der Waals surface area contributed by atoms with E-state index in [0.717, 1.165) is 5.56 Å². The maximum Gasteiger partial charge on any atom is 0.220 e. The molecular formula is C10H13ClN2O. The lowest BCUT2D eigenvalue weighted by Gasteiger charge is -2.03. The number of halogens is 1. The largest absolute Gasteiger partial charge is 0.398 e. The number of carbonyl (C=O) groups excluding carboxylic acids is 1. The molecule has 1 rings (SSSR count). The summed E-state index contributed by atoms with van der Waals surface area (Å²) in [6.07, 6.45) is 1.15. The van der Waals surface area contributed by atoms with E-state index in [0.29, 0.717) is 23.6 Å². The standard InChI is InChI=1S/C10H13ClN2O/c1-13-10(14)5-3-7-2-4-8(11)9(12)6-7/h2,4,6H,3,5,12H2,1H3,(H,13,14). The predicted octanol–water partition coefficient (Wildman–Crippen LogP) is 1.60. The van der Waals surface area contributed by atoms with Gasteiger partial charge in [-0.25, -0.2) is 0 Å². The summed E-state index contributed by atoms with van der Waals surface area (Å²) in [5.74, 6) is 0.0264. The molecular weight excluding hydrogens is 200 g/mol. The third-order valence-electron chi connectivity index (χ3n) is 1.98. The highest BCUT2D eigenvalue weighted by Gasteiger charge is 2.01. The zero-order valence-corrected chi connectivity index (χ0v) is 8.77. The van der Waals surface area contributed by atoms with Crippen LogP contribution in [0.15, 0.2) is 18.2 Å². The van der Waals surface area contributed by atoms with Crippen molar-refractivity contribution in [3.05, 3.63) is 28.8 Å². The molecule has 0 heterocycles. The van der Waals surface area contributed by atoms with E-state index in [9.17, 15) is 4.79 Å². The van der Waals surface area contributed by atoms with Crippen molar-refractivity contribution in [3.8, 4) is 0 Å². The first kappa shape index (κ1) is 10.9. The van der Waals surface area contributed by atoms with E-state index in [4.69, 9.17) is 17.3 Å². The zero-order valence-electron chi connectivity index (χ0n) is 8.01. The maximum absolute atomic E-state index is 11.0. The van der Waals surface area contributed by atoms with E-state index in [-0.39, 0.29) is 5.91 Å². The summed E-state index contributed by atoms with van der Waals surface area (Å²) in [4.78, 5) is 11.0. The fraction of sp³-hybridized carbons (Fsp3) is 0.300. The Morgan fingerprint density at radius 1 is 1.57 bits per heavy atom. The number of nitrogens with two attached hydrogens (primary N) is 1. The molecule has 0 saturated carbocycles. The second kappa shape index (κ2) is 4.86. The van der Waals surface area contributed by atoms with Gasteiger partial charge in [0.2, 0.25) is 5.91 Å². The predicted molar refractivity (Wildman–Crippen MR) is 58.3 cm³/mol. The minimum atomic E-state index is 0.0264. The summed E-state index contributed by atoms with van der Waals surface area (Å²) in [7, 11) is 1.62. The van der Waals surface area contributed by atoms with Crippen molar-refractivity contribution in [1.29, 1.82) is 0 Å². The smallest absolute Gasteiger partial charge is 0.220 e. The highest BCUT2D eigenvalue weighted by atomic mass is 35.5. The molecule has 0 fully saturated rings. The number of nitrogen functional groups attached to an aromatic ring is 1. The number of amides is 1. The van der Waals surface area contributed by atoms with Crippen molar-refractivity contribution >= 4 is 23.2 Å². The van der Waals surface area contributed by atoms with Crippen LogP contribution in [0.4, 0.5) is 5.69 Å². The van der Waals surface area contributed by atoms with Crippen LogP contribution in [0, 0.1) is 0 Å². The van der Waals surface area contributed by atoms with Crippen molar-refractivity contribution in [2.45, 2.75) is 12.8 Å². The number of benzene rings is 1. The Bertz CT molecular complexity index is 339. The Morgan fingerprint density at radius 3 is 2.86 bits per heavy atom. The minimum absolute atomic E-state index is 0.0264. The highest BCUT2D eigenvalue weighted by Crippen LogP contribution is 2.20. The van der Waals surface area contributed by atoms with Crippen molar-refractivity contribution in [1.82, 2.24) is 5.32 Å². The minimum Gasteiger partial charge on any atom is -0.398 e. The lowest BCUT2D eigenvalue weighted by atomic mass is 10.1. The molecule has 1 amide bonds. The summed E-state index contributed by atoms with van der Waals surface area (Å²) in [5, 5.41) is 3.11. The molecule has 14 heavy (non-hydrogen) atoms. The summed E-state index contributed by atoms with van der Waals surface area (Å²) in [6, 6.07) is 5.42. The van der Waals surface area contributed by atoms with Crippen LogP contribution in [0.3, 0.4) is 0 Å². The Balaban J connectivity index is 2.60. The number of hydrogen-bond donors (Lipinski definition) is 2. The van der Waals surface area contributed by atoms with E-state index in [1.54, 1.807) is 19.2 Å². The van der Waals surface area contributed by atoms with Crippen LogP contribution in [-0.4, -0.2) is 13.0 Å². The highest BCUT2D eigenvalue weighted by molar-refractivity contribution is 6.33. The molecule has 1 aromatic rings. The van der Waals surface area contributed by atoms with Gasteiger partial charge in [-0.15, -0.1) is 0 Å². The van der Waals surface area contributed by atoms with Crippen molar-refractivity contribution in [3.63, 3.8) is 0 Å². The summed E-state index contributed by atoms with van der Waals surface area (Å²) < 4.78 is 0. The van der Waals surface area contributed by atoms with Gasteiger partial charge in [-0.2, -0.15) is 0 Å². The van der Waals surface area contributed by atoms with E-state index in [1.807, 2.05) is 6.07 Å². The zero-order chi connectivity index (χ0) is 10.6. The molecule has 0 aliphatic rings. The van der Waals surface area contributed by atoms with Crippen LogP contribution >= 0.6 is 11.6 Å². The third-order valence-corrected chi connectivity index (χ3v) is 2.32. The first-order valence-electron chi connectivity index (χ1n) is 4.38. The molecule has 0 spiro atoms. The Labute approximate surface area is 88.2 Å². The number of anilines is 1. The van der Waals surface area contributed by atoms with Crippen molar-refractivity contribution in [2.24, 2.45) is 0 Å². The van der Waals surface area contributed by atoms with Crippen LogP contribution in [0.1, 0.15) is 12.0 Å². The Kier molecular flexibility index (Phi) is 3.77. The molecule has 3 N–H and O–H groups in total.